The highest BCUT2D eigenvalue weighted by Crippen LogP contribution is 2.30. The zero-order valence-electron chi connectivity index (χ0n) is 10.8. The van der Waals surface area contributed by atoms with E-state index in [1.54, 1.807) is 5.56 Å². The molecule has 1 aliphatic heterocycles. The molecule has 2 N–H and O–H groups in total. The van der Waals surface area contributed by atoms with E-state index >= 15 is 0 Å². The second kappa shape index (κ2) is 4.13. The molecule has 2 heterocycles. The maximum Gasteiger partial charge on any atom is 0.0459 e. The highest BCUT2D eigenvalue weighted by Gasteiger charge is 2.18. The summed E-state index contributed by atoms with van der Waals surface area (Å²) in [5.41, 5.74) is 5.91. The Hall–Kier alpha value is -1.28. The van der Waals surface area contributed by atoms with Crippen molar-refractivity contribution in [3.63, 3.8) is 0 Å². The number of benzene rings is 1. The molecule has 2 nitrogen and oxygen atoms in total. The van der Waals surface area contributed by atoms with Crippen LogP contribution in [0.15, 0.2) is 18.2 Å². The monoisotopic (exact) mass is 240 g/mol. The minimum Gasteiger partial charge on any atom is -0.358 e. The van der Waals surface area contributed by atoms with Crippen LogP contribution in [0.3, 0.4) is 0 Å². The Balaban J connectivity index is 1.69. The van der Waals surface area contributed by atoms with E-state index in [0.29, 0.717) is 6.04 Å². The summed E-state index contributed by atoms with van der Waals surface area (Å²) < 4.78 is 0. The molecule has 1 atom stereocenters. The molecule has 0 saturated carbocycles. The number of H-pyrrole nitrogens is 1. The largest absolute Gasteiger partial charge is 0.358 e. The molecular formula is C16H20N2. The van der Waals surface area contributed by atoms with Gasteiger partial charge in [-0.15, -0.1) is 0 Å². The fourth-order valence-electron chi connectivity index (χ4n) is 3.63. The van der Waals surface area contributed by atoms with Crippen LogP contribution in [0, 0.1) is 0 Å². The number of aromatic nitrogens is 1. The number of aromatic amines is 1. The van der Waals surface area contributed by atoms with Gasteiger partial charge in [-0.3, -0.25) is 0 Å². The highest BCUT2D eigenvalue weighted by atomic mass is 14.9. The molecule has 4 rings (SSSR count). The first-order chi connectivity index (χ1) is 8.90. The van der Waals surface area contributed by atoms with Gasteiger partial charge in [0.2, 0.25) is 0 Å². The van der Waals surface area contributed by atoms with Crippen molar-refractivity contribution in [2.24, 2.45) is 0 Å². The van der Waals surface area contributed by atoms with E-state index in [2.05, 4.69) is 28.5 Å². The van der Waals surface area contributed by atoms with Gasteiger partial charge in [-0.05, 0) is 68.3 Å². The number of hydrogen-bond donors (Lipinski definition) is 2. The first-order valence-corrected chi connectivity index (χ1v) is 7.26. The fraction of sp³-hybridized carbons (Fsp3) is 0.500. The quantitative estimate of drug-likeness (QED) is 0.830. The number of aryl methyl sites for hydroxylation is 2. The molecule has 1 fully saturated rings. The topological polar surface area (TPSA) is 27.8 Å². The summed E-state index contributed by atoms with van der Waals surface area (Å²) in [6, 6.07) is 7.71. The van der Waals surface area contributed by atoms with Crippen LogP contribution in [-0.2, 0) is 19.3 Å². The standard InChI is InChI=1S/C16H20N2/c1-4-13-14-10-11(9-12-3-2-8-17-12)6-7-16(14)18-15(13)5-1/h6-7,10,12,17-18H,1-5,8-9H2. The Labute approximate surface area is 108 Å². The number of hydrogen-bond acceptors (Lipinski definition) is 1. The SMILES string of the molecule is c1cc2[nH]c3c(c2cc1CC1CCCN1)CCC3. The van der Waals surface area contributed by atoms with Gasteiger partial charge in [0.25, 0.3) is 0 Å². The fourth-order valence-corrected chi connectivity index (χ4v) is 3.63. The van der Waals surface area contributed by atoms with E-state index in [0.717, 1.165) is 0 Å². The number of nitrogens with one attached hydrogen (secondary N) is 2. The van der Waals surface area contributed by atoms with Gasteiger partial charge in [0.1, 0.15) is 0 Å². The van der Waals surface area contributed by atoms with E-state index in [1.165, 1.54) is 67.2 Å². The summed E-state index contributed by atoms with van der Waals surface area (Å²) in [6.45, 7) is 1.20. The second-order valence-corrected chi connectivity index (χ2v) is 5.81. The van der Waals surface area contributed by atoms with E-state index < -0.39 is 0 Å². The molecule has 2 heteroatoms. The number of rotatable bonds is 2. The van der Waals surface area contributed by atoms with E-state index in [9.17, 15) is 0 Å². The lowest BCUT2D eigenvalue weighted by molar-refractivity contribution is 0.603. The Bertz CT molecular complexity index is 576. The van der Waals surface area contributed by atoms with Crippen molar-refractivity contribution in [2.75, 3.05) is 6.54 Å². The molecular weight excluding hydrogens is 220 g/mol. The van der Waals surface area contributed by atoms with Gasteiger partial charge in [-0.2, -0.15) is 0 Å². The minimum absolute atomic E-state index is 0.703. The van der Waals surface area contributed by atoms with Crippen molar-refractivity contribution in [1.29, 1.82) is 0 Å². The molecule has 1 unspecified atom stereocenters. The van der Waals surface area contributed by atoms with Crippen LogP contribution in [0.2, 0.25) is 0 Å². The zero-order chi connectivity index (χ0) is 11.9. The third-order valence-electron chi connectivity index (χ3n) is 4.56. The summed E-state index contributed by atoms with van der Waals surface area (Å²) in [4.78, 5) is 3.58. The molecule has 18 heavy (non-hydrogen) atoms. The van der Waals surface area contributed by atoms with Crippen LogP contribution >= 0.6 is 0 Å². The van der Waals surface area contributed by atoms with Gasteiger partial charge in [0.15, 0.2) is 0 Å². The van der Waals surface area contributed by atoms with Gasteiger partial charge in [0, 0.05) is 22.6 Å². The van der Waals surface area contributed by atoms with Crippen LogP contribution < -0.4 is 5.32 Å². The van der Waals surface area contributed by atoms with Crippen molar-refractivity contribution in [1.82, 2.24) is 10.3 Å². The lowest BCUT2D eigenvalue weighted by Gasteiger charge is -2.10. The molecule has 1 aromatic carbocycles. The van der Waals surface area contributed by atoms with Gasteiger partial charge >= 0.3 is 0 Å². The third-order valence-corrected chi connectivity index (χ3v) is 4.56. The molecule has 0 radical (unpaired) electrons. The molecule has 0 amide bonds. The van der Waals surface area contributed by atoms with E-state index in [4.69, 9.17) is 0 Å². The van der Waals surface area contributed by atoms with Crippen molar-refractivity contribution in [3.05, 3.63) is 35.0 Å². The second-order valence-electron chi connectivity index (χ2n) is 5.81. The van der Waals surface area contributed by atoms with Crippen LogP contribution in [0.1, 0.15) is 36.1 Å². The molecule has 1 aliphatic carbocycles. The molecule has 1 saturated heterocycles. The molecule has 2 aromatic rings. The van der Waals surface area contributed by atoms with Crippen LogP contribution in [0.25, 0.3) is 10.9 Å². The van der Waals surface area contributed by atoms with Crippen LogP contribution in [0.4, 0.5) is 0 Å². The molecule has 1 aromatic heterocycles. The zero-order valence-corrected chi connectivity index (χ0v) is 10.8. The van der Waals surface area contributed by atoms with Gasteiger partial charge in [0.05, 0.1) is 0 Å². The number of fused-ring (bicyclic) bond motifs is 3. The van der Waals surface area contributed by atoms with Gasteiger partial charge < -0.3 is 10.3 Å². The minimum atomic E-state index is 0.703. The maximum absolute atomic E-state index is 3.59. The van der Waals surface area contributed by atoms with Crippen molar-refractivity contribution in [3.8, 4) is 0 Å². The third kappa shape index (κ3) is 1.67. The first kappa shape index (κ1) is 10.6. The normalized spacial score (nSPS) is 22.8. The van der Waals surface area contributed by atoms with Gasteiger partial charge in [-0.1, -0.05) is 6.07 Å². The smallest absolute Gasteiger partial charge is 0.0459 e. The van der Waals surface area contributed by atoms with E-state index in [-0.39, 0.29) is 0 Å². The Morgan fingerprint density at radius 1 is 1.17 bits per heavy atom. The highest BCUT2D eigenvalue weighted by molar-refractivity contribution is 5.85. The summed E-state index contributed by atoms with van der Waals surface area (Å²) in [7, 11) is 0. The van der Waals surface area contributed by atoms with Crippen molar-refractivity contribution >= 4 is 10.9 Å². The summed E-state index contributed by atoms with van der Waals surface area (Å²) >= 11 is 0. The average Bonchev–Trinajstić information content (AvgIpc) is 3.05. The maximum atomic E-state index is 3.59. The van der Waals surface area contributed by atoms with Gasteiger partial charge in [-0.25, -0.2) is 0 Å². The molecule has 2 aliphatic rings. The lowest BCUT2D eigenvalue weighted by atomic mass is 10.0. The lowest BCUT2D eigenvalue weighted by Crippen LogP contribution is -2.23. The van der Waals surface area contributed by atoms with Crippen LogP contribution in [-0.4, -0.2) is 17.6 Å². The molecule has 0 bridgehead atoms. The van der Waals surface area contributed by atoms with Crippen molar-refractivity contribution in [2.45, 2.75) is 44.6 Å². The molecule has 94 valence electrons. The van der Waals surface area contributed by atoms with E-state index in [1.807, 2.05) is 0 Å². The Kier molecular flexibility index (Phi) is 2.44. The average molecular weight is 240 g/mol. The van der Waals surface area contributed by atoms with Crippen molar-refractivity contribution < 1.29 is 0 Å². The summed E-state index contributed by atoms with van der Waals surface area (Å²) in [5.74, 6) is 0. The molecule has 0 spiro atoms. The predicted octanol–water partition coefficient (Wildman–Crippen LogP) is 2.95. The first-order valence-electron chi connectivity index (χ1n) is 7.26. The predicted molar refractivity (Wildman–Crippen MR) is 75.1 cm³/mol. The Morgan fingerprint density at radius 3 is 3.06 bits per heavy atom. The Morgan fingerprint density at radius 2 is 2.17 bits per heavy atom. The summed E-state index contributed by atoms with van der Waals surface area (Å²) in [5, 5.41) is 5.08. The van der Waals surface area contributed by atoms with Crippen LogP contribution in [0.5, 0.6) is 0 Å². The summed E-state index contributed by atoms with van der Waals surface area (Å²) in [6.07, 6.45) is 7.70.